The zero-order valence-electron chi connectivity index (χ0n) is 20.5. The van der Waals surface area contributed by atoms with Crippen LogP contribution in [0.5, 0.6) is 0 Å². The number of benzene rings is 4. The Morgan fingerprint density at radius 3 is 1.72 bits per heavy atom. The van der Waals surface area contributed by atoms with E-state index in [1.165, 1.54) is 15.4 Å². The van der Waals surface area contributed by atoms with Crippen molar-refractivity contribution in [2.75, 3.05) is 17.4 Å². The Bertz CT molecular complexity index is 1290. The molecule has 0 aliphatic rings. The molecule has 186 valence electrons. The van der Waals surface area contributed by atoms with Crippen LogP contribution < -0.4 is 9.21 Å². The number of aryl methyl sites for hydroxylation is 1. The summed E-state index contributed by atoms with van der Waals surface area (Å²) < 4.78 is 28.9. The first kappa shape index (κ1) is 25.6. The highest BCUT2D eigenvalue weighted by Gasteiger charge is 2.29. The van der Waals surface area contributed by atoms with Crippen molar-refractivity contribution < 1.29 is 18.4 Å². The highest BCUT2D eigenvalue weighted by atomic mass is 32.2. The van der Waals surface area contributed by atoms with Crippen LogP contribution in [0.3, 0.4) is 0 Å². The van der Waals surface area contributed by atoms with Crippen molar-refractivity contribution in [2.24, 2.45) is 0 Å². The quantitative estimate of drug-likeness (QED) is 0.328. The lowest BCUT2D eigenvalue weighted by atomic mass is 10.1. The summed E-state index contributed by atoms with van der Waals surface area (Å²) in [7, 11) is -3.87. The molecule has 0 aliphatic carbocycles. The molecular weight excluding hydrogens is 468 g/mol. The minimum Gasteiger partial charge on any atom is -0.385 e. The van der Waals surface area contributed by atoms with E-state index in [-0.39, 0.29) is 11.4 Å². The van der Waals surface area contributed by atoms with Gasteiger partial charge in [0.15, 0.2) is 0 Å². The molecule has 0 bridgehead atoms. The maximum atomic E-state index is 13.8. The molecule has 0 saturated heterocycles. The molecule has 0 aromatic heterocycles. The highest BCUT2D eigenvalue weighted by molar-refractivity contribution is 7.92. The van der Waals surface area contributed by atoms with Crippen molar-refractivity contribution in [1.82, 2.24) is 0 Å². The fourth-order valence-corrected chi connectivity index (χ4v) is 6.20. The molecule has 36 heavy (non-hydrogen) atoms. The predicted molar refractivity (Wildman–Crippen MR) is 144 cm³/mol. The zero-order chi connectivity index (χ0) is 25.4. The Kier molecular flexibility index (Phi) is 8.54. The van der Waals surface area contributed by atoms with Crippen LogP contribution in [0, 0.1) is 6.92 Å². The number of hydrogen-bond acceptors (Lipinski definition) is 3. The molecular formula is C30H33N2O3S+. The number of anilines is 1. The lowest BCUT2D eigenvalue weighted by Gasteiger charge is -2.29. The molecule has 0 heterocycles. The van der Waals surface area contributed by atoms with E-state index in [1.54, 1.807) is 37.3 Å². The molecule has 5 nitrogen and oxygen atoms in total. The summed E-state index contributed by atoms with van der Waals surface area (Å²) in [6, 6.07) is 36.3. The molecule has 4 aromatic rings. The van der Waals surface area contributed by atoms with Crippen LogP contribution in [-0.2, 0) is 23.1 Å². The number of rotatable bonds is 11. The molecule has 4 rings (SSSR count). The SMILES string of the molecule is Cc1ccccc1S(=O)(=O)N(C[C@H](O)C[NH+](Cc1ccccc1)Cc1ccccc1)c1ccccc1. The van der Waals surface area contributed by atoms with Crippen LogP contribution in [0.1, 0.15) is 16.7 Å². The summed E-state index contributed by atoms with van der Waals surface area (Å²) in [4.78, 5) is 1.40. The van der Waals surface area contributed by atoms with E-state index >= 15 is 0 Å². The summed E-state index contributed by atoms with van der Waals surface area (Å²) in [6.07, 6.45) is -0.869. The summed E-state index contributed by atoms with van der Waals surface area (Å²) >= 11 is 0. The van der Waals surface area contributed by atoms with Gasteiger partial charge in [0.05, 0.1) is 17.1 Å². The summed E-state index contributed by atoms with van der Waals surface area (Å²) in [5.41, 5.74) is 3.55. The third-order valence-electron chi connectivity index (χ3n) is 6.20. The van der Waals surface area contributed by atoms with Gasteiger partial charge in [0.25, 0.3) is 10.0 Å². The Morgan fingerprint density at radius 2 is 1.19 bits per heavy atom. The van der Waals surface area contributed by atoms with Crippen molar-refractivity contribution in [3.63, 3.8) is 0 Å². The number of nitrogens with zero attached hydrogens (tertiary/aromatic N) is 1. The molecule has 0 radical (unpaired) electrons. The Labute approximate surface area is 214 Å². The van der Waals surface area contributed by atoms with Gasteiger partial charge in [-0.25, -0.2) is 8.42 Å². The number of nitrogens with one attached hydrogen (secondary N) is 1. The Hall–Kier alpha value is -3.45. The molecule has 6 heteroatoms. The fraction of sp³-hybridized carbons (Fsp3) is 0.200. The molecule has 0 unspecified atom stereocenters. The normalized spacial score (nSPS) is 12.4. The smallest absolute Gasteiger partial charge is 0.264 e. The lowest BCUT2D eigenvalue weighted by molar-refractivity contribution is -0.930. The number of para-hydroxylation sites is 1. The van der Waals surface area contributed by atoms with E-state index in [0.717, 1.165) is 18.0 Å². The largest absolute Gasteiger partial charge is 0.385 e. The number of hydrogen-bond donors (Lipinski definition) is 2. The van der Waals surface area contributed by atoms with Gasteiger partial charge in [-0.15, -0.1) is 0 Å². The first-order chi connectivity index (χ1) is 17.4. The van der Waals surface area contributed by atoms with Crippen LogP contribution in [0.2, 0.25) is 0 Å². The Morgan fingerprint density at radius 1 is 0.722 bits per heavy atom. The van der Waals surface area contributed by atoms with Crippen LogP contribution in [0.25, 0.3) is 0 Å². The molecule has 4 aromatic carbocycles. The second-order valence-corrected chi connectivity index (χ2v) is 10.9. The van der Waals surface area contributed by atoms with Gasteiger partial charge in [0, 0.05) is 11.1 Å². The summed E-state index contributed by atoms with van der Waals surface area (Å²) in [6.45, 7) is 3.60. The van der Waals surface area contributed by atoms with Gasteiger partial charge in [0.2, 0.25) is 0 Å². The Balaban J connectivity index is 1.59. The zero-order valence-corrected chi connectivity index (χ0v) is 21.3. The van der Waals surface area contributed by atoms with Crippen LogP contribution in [0.4, 0.5) is 5.69 Å². The van der Waals surface area contributed by atoms with Gasteiger partial charge >= 0.3 is 0 Å². The van der Waals surface area contributed by atoms with E-state index < -0.39 is 16.1 Å². The molecule has 2 N–H and O–H groups in total. The van der Waals surface area contributed by atoms with Gasteiger partial charge < -0.3 is 10.0 Å². The molecule has 0 aliphatic heterocycles. The average Bonchev–Trinajstić information content (AvgIpc) is 2.89. The van der Waals surface area contributed by atoms with E-state index in [9.17, 15) is 13.5 Å². The van der Waals surface area contributed by atoms with Crippen LogP contribution >= 0.6 is 0 Å². The standard InChI is InChI=1S/C30H32N2O3S/c1-25-13-11-12-20-30(25)36(34,35)32(28-18-9-4-10-19-28)24-29(33)23-31(21-26-14-5-2-6-15-26)22-27-16-7-3-8-17-27/h2-20,29,33H,21-24H2,1H3/p+1/t29-/m1/s1. The second-order valence-electron chi connectivity index (χ2n) is 9.07. The van der Waals surface area contributed by atoms with Gasteiger partial charge in [-0.2, -0.15) is 0 Å². The summed E-state index contributed by atoms with van der Waals surface area (Å²) in [5.74, 6) is 0. The van der Waals surface area contributed by atoms with E-state index in [4.69, 9.17) is 0 Å². The molecule has 0 spiro atoms. The third kappa shape index (κ3) is 6.61. The maximum absolute atomic E-state index is 13.8. The van der Waals surface area contributed by atoms with Crippen LogP contribution in [0.15, 0.2) is 120 Å². The maximum Gasteiger partial charge on any atom is 0.264 e. The van der Waals surface area contributed by atoms with Crippen molar-refractivity contribution in [3.8, 4) is 0 Å². The number of aliphatic hydroxyl groups is 1. The first-order valence-electron chi connectivity index (χ1n) is 12.2. The van der Waals surface area contributed by atoms with Crippen molar-refractivity contribution in [2.45, 2.75) is 31.0 Å². The molecule has 0 saturated carbocycles. The minimum absolute atomic E-state index is 0.0340. The van der Waals surface area contributed by atoms with Gasteiger partial charge in [0.1, 0.15) is 25.7 Å². The van der Waals surface area contributed by atoms with Crippen LogP contribution in [-0.4, -0.2) is 32.7 Å². The highest BCUT2D eigenvalue weighted by Crippen LogP contribution is 2.25. The van der Waals surface area contributed by atoms with Gasteiger partial charge in [-0.05, 0) is 30.7 Å². The average molecular weight is 502 g/mol. The molecule has 1 atom stereocenters. The first-order valence-corrected chi connectivity index (χ1v) is 13.6. The van der Waals surface area contributed by atoms with Gasteiger partial charge in [-0.3, -0.25) is 4.31 Å². The van der Waals surface area contributed by atoms with E-state index in [0.29, 0.717) is 17.8 Å². The number of quaternary nitrogens is 1. The van der Waals surface area contributed by atoms with Crippen molar-refractivity contribution in [3.05, 3.63) is 132 Å². The van der Waals surface area contributed by atoms with E-state index in [1.807, 2.05) is 60.7 Å². The van der Waals surface area contributed by atoms with Crippen molar-refractivity contribution in [1.29, 1.82) is 0 Å². The predicted octanol–water partition coefficient (Wildman–Crippen LogP) is 3.84. The minimum atomic E-state index is -3.87. The monoisotopic (exact) mass is 501 g/mol. The number of sulfonamides is 1. The van der Waals surface area contributed by atoms with Crippen molar-refractivity contribution >= 4 is 15.7 Å². The lowest BCUT2D eigenvalue weighted by Crippen LogP contribution is -3.10. The molecule has 0 fully saturated rings. The van der Waals surface area contributed by atoms with E-state index in [2.05, 4.69) is 24.3 Å². The summed E-state index contributed by atoms with van der Waals surface area (Å²) in [5, 5.41) is 11.3. The molecule has 0 amide bonds. The fourth-order valence-electron chi connectivity index (χ4n) is 4.47. The number of aliphatic hydroxyl groups excluding tert-OH is 1. The van der Waals surface area contributed by atoms with Gasteiger partial charge in [-0.1, -0.05) is 97.1 Å². The third-order valence-corrected chi connectivity index (χ3v) is 8.15. The topological polar surface area (TPSA) is 62.0 Å². The second kappa shape index (κ2) is 12.0.